The largest absolute Gasteiger partial charge is 0.263 e. The maximum absolute atomic E-state index is 4.16. The van der Waals surface area contributed by atoms with Gasteiger partial charge in [-0.25, -0.2) is 0 Å². The minimum Gasteiger partial charge on any atom is -0.263 e. The molecule has 0 spiro atoms. The molecule has 1 rings (SSSR count). The molecule has 1 nitrogen and oxygen atoms in total. The molecule has 0 radical (unpaired) electrons. The number of alkyl halides is 1. The summed E-state index contributed by atoms with van der Waals surface area (Å²) in [5.74, 6) is 0.714. The number of aromatic nitrogens is 1. The monoisotopic (exact) mass is 333 g/mol. The van der Waals surface area contributed by atoms with E-state index in [4.69, 9.17) is 0 Å². The first kappa shape index (κ1) is 13.2. The van der Waals surface area contributed by atoms with Crippen molar-refractivity contribution in [3.05, 3.63) is 28.5 Å². The third-order valence-corrected chi connectivity index (χ3v) is 4.38. The van der Waals surface area contributed by atoms with Crippen LogP contribution < -0.4 is 0 Å². The van der Waals surface area contributed by atoms with Crippen molar-refractivity contribution < 1.29 is 0 Å². The molecule has 0 aliphatic carbocycles. The van der Waals surface area contributed by atoms with Crippen molar-refractivity contribution in [2.45, 2.75) is 37.9 Å². The molecular weight excluding hydrogens is 318 g/mol. The van der Waals surface area contributed by atoms with E-state index in [9.17, 15) is 0 Å². The smallest absolute Gasteiger partial charge is 0.0410 e. The van der Waals surface area contributed by atoms with E-state index in [-0.39, 0.29) is 0 Å². The second-order valence-corrected chi connectivity index (χ2v) is 6.26. The molecule has 1 atom stereocenters. The average Bonchev–Trinajstić information content (AvgIpc) is 2.17. The molecule has 0 aliphatic rings. The number of rotatable bonds is 5. The summed E-state index contributed by atoms with van der Waals surface area (Å²) in [5, 5.41) is 0. The predicted molar refractivity (Wildman–Crippen MR) is 72.4 cm³/mol. The maximum Gasteiger partial charge on any atom is 0.0410 e. The first-order chi connectivity index (χ1) is 7.09. The number of halogens is 2. The molecule has 0 saturated carbocycles. The van der Waals surface area contributed by atoms with E-state index in [1.165, 1.54) is 18.4 Å². The summed E-state index contributed by atoms with van der Waals surface area (Å²) in [6.45, 7) is 4.50. The molecule has 3 heteroatoms. The van der Waals surface area contributed by atoms with Crippen molar-refractivity contribution in [3.8, 4) is 0 Å². The van der Waals surface area contributed by atoms with Gasteiger partial charge in [0.25, 0.3) is 0 Å². The maximum atomic E-state index is 4.16. The lowest BCUT2D eigenvalue weighted by Crippen LogP contribution is -2.07. The summed E-state index contributed by atoms with van der Waals surface area (Å²) in [5.41, 5.74) is 1.31. The Morgan fingerprint density at radius 2 is 2.07 bits per heavy atom. The lowest BCUT2D eigenvalue weighted by atomic mass is 10.0. The van der Waals surface area contributed by atoms with Gasteiger partial charge in [0.1, 0.15) is 0 Å². The topological polar surface area (TPSA) is 12.9 Å². The third kappa shape index (κ3) is 5.12. The number of hydrogen-bond donors (Lipinski definition) is 0. The predicted octanol–water partition coefficient (Wildman–Crippen LogP) is 4.59. The van der Waals surface area contributed by atoms with Gasteiger partial charge in [-0.15, -0.1) is 0 Å². The molecule has 0 bridgehead atoms. The van der Waals surface area contributed by atoms with E-state index < -0.39 is 0 Å². The van der Waals surface area contributed by atoms with Crippen molar-refractivity contribution in [1.29, 1.82) is 0 Å². The molecule has 0 saturated heterocycles. The van der Waals surface area contributed by atoms with E-state index in [1.54, 1.807) is 0 Å². The molecule has 0 N–H and O–H groups in total. The molecule has 0 amide bonds. The lowest BCUT2D eigenvalue weighted by molar-refractivity contribution is 0.562. The van der Waals surface area contributed by atoms with Crippen LogP contribution in [0.3, 0.4) is 0 Å². The van der Waals surface area contributed by atoms with Crippen molar-refractivity contribution in [2.75, 3.05) is 0 Å². The SMILES string of the molecule is CC(C)C(Br)CCCc1cncc(Br)c1. The molecule has 0 fully saturated rings. The highest BCUT2D eigenvalue weighted by atomic mass is 79.9. The number of nitrogens with zero attached hydrogens (tertiary/aromatic N) is 1. The Balaban J connectivity index is 2.32. The normalized spacial score (nSPS) is 13.1. The van der Waals surface area contributed by atoms with Crippen LogP contribution in [0.5, 0.6) is 0 Å². The van der Waals surface area contributed by atoms with Crippen LogP contribution in [-0.2, 0) is 6.42 Å². The quantitative estimate of drug-likeness (QED) is 0.718. The van der Waals surface area contributed by atoms with Crippen molar-refractivity contribution >= 4 is 31.9 Å². The van der Waals surface area contributed by atoms with Gasteiger partial charge in [0.2, 0.25) is 0 Å². The zero-order chi connectivity index (χ0) is 11.3. The Hall–Kier alpha value is 0.110. The summed E-state index contributed by atoms with van der Waals surface area (Å²) in [6.07, 6.45) is 7.33. The number of aryl methyl sites for hydroxylation is 1. The molecule has 1 aromatic rings. The third-order valence-electron chi connectivity index (χ3n) is 2.43. The van der Waals surface area contributed by atoms with E-state index in [1.807, 2.05) is 12.4 Å². The summed E-state index contributed by atoms with van der Waals surface area (Å²) < 4.78 is 1.07. The van der Waals surface area contributed by atoms with E-state index in [0.717, 1.165) is 10.9 Å². The fourth-order valence-corrected chi connectivity index (χ4v) is 2.16. The second-order valence-electron chi connectivity index (χ2n) is 4.16. The van der Waals surface area contributed by atoms with E-state index in [2.05, 4.69) is 56.8 Å². The Kier molecular flexibility index (Phi) is 5.83. The minimum atomic E-state index is 0.637. The van der Waals surface area contributed by atoms with Gasteiger partial charge in [0.05, 0.1) is 0 Å². The highest BCUT2D eigenvalue weighted by molar-refractivity contribution is 9.10. The Morgan fingerprint density at radius 3 is 2.67 bits per heavy atom. The van der Waals surface area contributed by atoms with Gasteiger partial charge in [0, 0.05) is 21.7 Å². The fraction of sp³-hybridized carbons (Fsp3) is 0.583. The van der Waals surface area contributed by atoms with Crippen molar-refractivity contribution in [1.82, 2.24) is 4.98 Å². The molecule has 1 unspecified atom stereocenters. The molecule has 0 aromatic carbocycles. The molecule has 15 heavy (non-hydrogen) atoms. The van der Waals surface area contributed by atoms with Crippen LogP contribution in [0.4, 0.5) is 0 Å². The van der Waals surface area contributed by atoms with Gasteiger partial charge in [-0.2, -0.15) is 0 Å². The van der Waals surface area contributed by atoms with Crippen molar-refractivity contribution in [2.24, 2.45) is 5.92 Å². The average molecular weight is 335 g/mol. The van der Waals surface area contributed by atoms with Crippen LogP contribution in [0.2, 0.25) is 0 Å². The van der Waals surface area contributed by atoms with Gasteiger partial charge >= 0.3 is 0 Å². The highest BCUT2D eigenvalue weighted by Gasteiger charge is 2.08. The number of hydrogen-bond acceptors (Lipinski definition) is 1. The highest BCUT2D eigenvalue weighted by Crippen LogP contribution is 2.19. The van der Waals surface area contributed by atoms with Crippen LogP contribution in [0, 0.1) is 5.92 Å². The van der Waals surface area contributed by atoms with Gasteiger partial charge < -0.3 is 0 Å². The minimum absolute atomic E-state index is 0.637. The van der Waals surface area contributed by atoms with Gasteiger partial charge in [0.15, 0.2) is 0 Å². The van der Waals surface area contributed by atoms with Gasteiger partial charge in [-0.3, -0.25) is 4.98 Å². The first-order valence-corrected chi connectivity index (χ1v) is 7.04. The van der Waals surface area contributed by atoms with E-state index in [0.29, 0.717) is 10.7 Å². The zero-order valence-electron chi connectivity index (χ0n) is 9.21. The molecule has 84 valence electrons. The van der Waals surface area contributed by atoms with Crippen molar-refractivity contribution in [3.63, 3.8) is 0 Å². The Labute approximate surface area is 109 Å². The molecule has 1 heterocycles. The van der Waals surface area contributed by atoms with Crippen LogP contribution >= 0.6 is 31.9 Å². The van der Waals surface area contributed by atoms with Crippen LogP contribution in [0.15, 0.2) is 22.9 Å². The fourth-order valence-electron chi connectivity index (χ4n) is 1.43. The Morgan fingerprint density at radius 1 is 1.33 bits per heavy atom. The lowest BCUT2D eigenvalue weighted by Gasteiger charge is -2.12. The summed E-state index contributed by atoms with van der Waals surface area (Å²) >= 11 is 7.14. The number of pyridine rings is 1. The van der Waals surface area contributed by atoms with Gasteiger partial charge in [-0.1, -0.05) is 29.8 Å². The summed E-state index contributed by atoms with van der Waals surface area (Å²) in [4.78, 5) is 4.80. The molecule has 1 aromatic heterocycles. The van der Waals surface area contributed by atoms with Gasteiger partial charge in [-0.05, 0) is 52.7 Å². The van der Waals surface area contributed by atoms with Crippen LogP contribution in [0.25, 0.3) is 0 Å². The van der Waals surface area contributed by atoms with Crippen LogP contribution in [-0.4, -0.2) is 9.81 Å². The molecular formula is C12H17Br2N. The Bertz CT molecular complexity index is 299. The van der Waals surface area contributed by atoms with E-state index >= 15 is 0 Å². The standard InChI is InChI=1S/C12H17Br2N/c1-9(2)12(14)5-3-4-10-6-11(13)8-15-7-10/h6-9,12H,3-5H2,1-2H3. The summed E-state index contributed by atoms with van der Waals surface area (Å²) in [6, 6.07) is 2.14. The first-order valence-electron chi connectivity index (χ1n) is 5.33. The van der Waals surface area contributed by atoms with Crippen LogP contribution in [0.1, 0.15) is 32.3 Å². The molecule has 0 aliphatic heterocycles. The summed E-state index contributed by atoms with van der Waals surface area (Å²) in [7, 11) is 0. The second kappa shape index (κ2) is 6.64. The zero-order valence-corrected chi connectivity index (χ0v) is 12.4.